The Bertz CT molecular complexity index is 251. The summed E-state index contributed by atoms with van der Waals surface area (Å²) >= 11 is 6.08. The smallest absolute Gasteiger partial charge is 0.0438 e. The highest BCUT2D eigenvalue weighted by molar-refractivity contribution is 6.31. The van der Waals surface area contributed by atoms with Crippen molar-refractivity contribution in [2.75, 3.05) is 0 Å². The molecule has 0 saturated carbocycles. The normalized spacial score (nSPS) is 10.8. The number of benzene rings is 1. The standard InChI is InChI=1S/C12H17Cl/c1-3-10(4-2)9-11-7-5-6-8-12(11)13/h5-8,10H,3-4,9H2,1-2H3. The third-order valence-electron chi connectivity index (χ3n) is 2.62. The fraction of sp³-hybridized carbons (Fsp3) is 0.500. The lowest BCUT2D eigenvalue weighted by Gasteiger charge is -2.12. The van der Waals surface area contributed by atoms with Crippen LogP contribution in [0.4, 0.5) is 0 Å². The number of rotatable bonds is 4. The Hall–Kier alpha value is -0.490. The van der Waals surface area contributed by atoms with Crippen LogP contribution in [0.3, 0.4) is 0 Å². The minimum atomic E-state index is 0.778. The largest absolute Gasteiger partial charge is 0.0840 e. The summed E-state index contributed by atoms with van der Waals surface area (Å²) in [6.07, 6.45) is 3.59. The second kappa shape index (κ2) is 5.29. The highest BCUT2D eigenvalue weighted by Gasteiger charge is 2.06. The molecule has 0 heterocycles. The summed E-state index contributed by atoms with van der Waals surface area (Å²) in [4.78, 5) is 0. The van der Waals surface area contributed by atoms with Gasteiger partial charge in [-0.1, -0.05) is 56.5 Å². The van der Waals surface area contributed by atoms with E-state index in [4.69, 9.17) is 11.6 Å². The van der Waals surface area contributed by atoms with Gasteiger partial charge in [-0.15, -0.1) is 0 Å². The molecule has 0 fully saturated rings. The molecule has 72 valence electrons. The molecule has 0 N–H and O–H groups in total. The van der Waals surface area contributed by atoms with Crippen LogP contribution < -0.4 is 0 Å². The molecule has 0 spiro atoms. The minimum absolute atomic E-state index is 0.778. The van der Waals surface area contributed by atoms with E-state index in [1.165, 1.54) is 18.4 Å². The number of hydrogen-bond donors (Lipinski definition) is 0. The lowest BCUT2D eigenvalue weighted by Crippen LogP contribution is -2.01. The fourth-order valence-corrected chi connectivity index (χ4v) is 1.77. The van der Waals surface area contributed by atoms with Gasteiger partial charge in [0.05, 0.1) is 0 Å². The molecule has 0 aromatic heterocycles. The molecule has 0 nitrogen and oxygen atoms in total. The number of halogens is 1. The molecule has 0 saturated heterocycles. The summed E-state index contributed by atoms with van der Waals surface area (Å²) in [5, 5.41) is 0.911. The molecule has 0 amide bonds. The topological polar surface area (TPSA) is 0 Å². The molecule has 0 bridgehead atoms. The zero-order valence-corrected chi connectivity index (χ0v) is 9.14. The van der Waals surface area contributed by atoms with E-state index in [0.717, 1.165) is 17.4 Å². The van der Waals surface area contributed by atoms with E-state index in [1.54, 1.807) is 0 Å². The predicted octanol–water partition coefficient (Wildman–Crippen LogP) is 4.32. The van der Waals surface area contributed by atoms with Gasteiger partial charge in [-0.25, -0.2) is 0 Å². The molecule has 1 heteroatoms. The molecule has 0 atom stereocenters. The van der Waals surface area contributed by atoms with Crippen LogP contribution in [-0.2, 0) is 6.42 Å². The summed E-state index contributed by atoms with van der Waals surface area (Å²) in [6.45, 7) is 4.48. The van der Waals surface area contributed by atoms with Crippen molar-refractivity contribution in [3.63, 3.8) is 0 Å². The number of hydrogen-bond acceptors (Lipinski definition) is 0. The van der Waals surface area contributed by atoms with Gasteiger partial charge in [0.15, 0.2) is 0 Å². The molecule has 1 aromatic rings. The Morgan fingerprint density at radius 3 is 2.31 bits per heavy atom. The molecular weight excluding hydrogens is 180 g/mol. The zero-order valence-electron chi connectivity index (χ0n) is 8.39. The van der Waals surface area contributed by atoms with E-state index in [1.807, 2.05) is 12.1 Å². The van der Waals surface area contributed by atoms with E-state index < -0.39 is 0 Å². The maximum absolute atomic E-state index is 6.08. The highest BCUT2D eigenvalue weighted by Crippen LogP contribution is 2.21. The Morgan fingerprint density at radius 2 is 1.77 bits per heavy atom. The van der Waals surface area contributed by atoms with Crippen LogP contribution in [0.2, 0.25) is 5.02 Å². The van der Waals surface area contributed by atoms with Crippen LogP contribution in [0.15, 0.2) is 24.3 Å². The van der Waals surface area contributed by atoms with Crippen LogP contribution in [0.5, 0.6) is 0 Å². The van der Waals surface area contributed by atoms with Crippen molar-refractivity contribution in [3.05, 3.63) is 34.9 Å². The average Bonchev–Trinajstić information content (AvgIpc) is 2.17. The van der Waals surface area contributed by atoms with E-state index in [2.05, 4.69) is 26.0 Å². The van der Waals surface area contributed by atoms with Gasteiger partial charge in [-0.05, 0) is 24.0 Å². The van der Waals surface area contributed by atoms with Crippen molar-refractivity contribution >= 4 is 11.6 Å². The second-order valence-corrected chi connectivity index (χ2v) is 3.89. The van der Waals surface area contributed by atoms with Crippen LogP contribution in [0.25, 0.3) is 0 Å². The molecule has 0 aliphatic carbocycles. The minimum Gasteiger partial charge on any atom is -0.0840 e. The molecule has 0 aliphatic heterocycles. The van der Waals surface area contributed by atoms with Gasteiger partial charge in [0, 0.05) is 5.02 Å². The van der Waals surface area contributed by atoms with Crippen molar-refractivity contribution in [1.82, 2.24) is 0 Å². The van der Waals surface area contributed by atoms with Gasteiger partial charge in [0.25, 0.3) is 0 Å². The van der Waals surface area contributed by atoms with Crippen LogP contribution in [0.1, 0.15) is 32.3 Å². The molecule has 1 aromatic carbocycles. The molecular formula is C12H17Cl. The maximum Gasteiger partial charge on any atom is 0.0438 e. The SMILES string of the molecule is CCC(CC)Cc1ccccc1Cl. The zero-order chi connectivity index (χ0) is 9.68. The summed E-state index contributed by atoms with van der Waals surface area (Å²) in [7, 11) is 0. The first-order valence-electron chi connectivity index (χ1n) is 5.01. The van der Waals surface area contributed by atoms with Gasteiger partial charge < -0.3 is 0 Å². The second-order valence-electron chi connectivity index (χ2n) is 3.48. The van der Waals surface area contributed by atoms with Crippen molar-refractivity contribution in [1.29, 1.82) is 0 Å². The maximum atomic E-state index is 6.08. The molecule has 0 aliphatic rings. The Morgan fingerprint density at radius 1 is 1.15 bits per heavy atom. The van der Waals surface area contributed by atoms with E-state index in [9.17, 15) is 0 Å². The van der Waals surface area contributed by atoms with Crippen molar-refractivity contribution in [3.8, 4) is 0 Å². The van der Waals surface area contributed by atoms with Crippen molar-refractivity contribution in [2.45, 2.75) is 33.1 Å². The van der Waals surface area contributed by atoms with E-state index in [-0.39, 0.29) is 0 Å². The van der Waals surface area contributed by atoms with Gasteiger partial charge in [-0.2, -0.15) is 0 Å². The monoisotopic (exact) mass is 196 g/mol. The molecule has 0 radical (unpaired) electrons. The Labute approximate surface area is 85.9 Å². The van der Waals surface area contributed by atoms with Crippen LogP contribution >= 0.6 is 11.6 Å². The van der Waals surface area contributed by atoms with Gasteiger partial charge in [0.1, 0.15) is 0 Å². The summed E-state index contributed by atoms with van der Waals surface area (Å²) in [6, 6.07) is 8.14. The third-order valence-corrected chi connectivity index (χ3v) is 2.99. The predicted molar refractivity (Wildman–Crippen MR) is 59.2 cm³/mol. The summed E-state index contributed by atoms with van der Waals surface area (Å²) in [5.74, 6) is 0.778. The average molecular weight is 197 g/mol. The highest BCUT2D eigenvalue weighted by atomic mass is 35.5. The van der Waals surface area contributed by atoms with Gasteiger partial charge in [-0.3, -0.25) is 0 Å². The molecule has 1 rings (SSSR count). The summed E-state index contributed by atoms with van der Waals surface area (Å²) < 4.78 is 0. The first-order valence-corrected chi connectivity index (χ1v) is 5.39. The lowest BCUT2D eigenvalue weighted by molar-refractivity contribution is 0.490. The lowest BCUT2D eigenvalue weighted by atomic mass is 9.95. The van der Waals surface area contributed by atoms with E-state index in [0.29, 0.717) is 0 Å². The Kier molecular flexibility index (Phi) is 4.31. The first-order chi connectivity index (χ1) is 6.27. The van der Waals surface area contributed by atoms with Crippen LogP contribution in [-0.4, -0.2) is 0 Å². The van der Waals surface area contributed by atoms with Gasteiger partial charge in [0.2, 0.25) is 0 Å². The quantitative estimate of drug-likeness (QED) is 0.673. The van der Waals surface area contributed by atoms with Crippen molar-refractivity contribution in [2.24, 2.45) is 5.92 Å². The summed E-state index contributed by atoms with van der Waals surface area (Å²) in [5.41, 5.74) is 1.29. The first kappa shape index (κ1) is 10.6. The van der Waals surface area contributed by atoms with Crippen LogP contribution in [0, 0.1) is 5.92 Å². The molecule has 13 heavy (non-hydrogen) atoms. The third kappa shape index (κ3) is 3.04. The molecule has 0 unspecified atom stereocenters. The Balaban J connectivity index is 2.67. The van der Waals surface area contributed by atoms with E-state index >= 15 is 0 Å². The fourth-order valence-electron chi connectivity index (χ4n) is 1.55. The van der Waals surface area contributed by atoms with Crippen molar-refractivity contribution < 1.29 is 0 Å². The van der Waals surface area contributed by atoms with Gasteiger partial charge >= 0.3 is 0 Å².